The number of rotatable bonds is 4. The van der Waals surface area contributed by atoms with Gasteiger partial charge in [-0.2, -0.15) is 0 Å². The third-order valence-electron chi connectivity index (χ3n) is 5.78. The van der Waals surface area contributed by atoms with Gasteiger partial charge in [-0.05, 0) is 44.0 Å². The number of likely N-dealkylation sites (N-methyl/N-ethyl adjacent to an activating group) is 1. The lowest BCUT2D eigenvalue weighted by atomic mass is 9.85. The fraction of sp³-hybridized carbons (Fsp3) is 0.571. The molecule has 0 aromatic heterocycles. The quantitative estimate of drug-likeness (QED) is 0.817. The molecule has 0 unspecified atom stereocenters. The van der Waals surface area contributed by atoms with E-state index in [2.05, 4.69) is 6.92 Å². The van der Waals surface area contributed by atoms with Crippen LogP contribution in [0.4, 0.5) is 5.69 Å². The minimum Gasteiger partial charge on any atom is -0.339 e. The average Bonchev–Trinajstić information content (AvgIpc) is 2.85. The molecule has 2 heterocycles. The van der Waals surface area contributed by atoms with Gasteiger partial charge >= 0.3 is 0 Å². The summed E-state index contributed by atoms with van der Waals surface area (Å²) in [5.74, 6) is 0.197. The molecule has 1 aromatic rings. The summed E-state index contributed by atoms with van der Waals surface area (Å²) in [5.41, 5.74) is 1.75. The summed E-state index contributed by atoms with van der Waals surface area (Å²) >= 11 is 0. The van der Waals surface area contributed by atoms with Gasteiger partial charge in [0.25, 0.3) is 5.91 Å². The van der Waals surface area contributed by atoms with E-state index < -0.39 is 5.41 Å². The third-order valence-corrected chi connectivity index (χ3v) is 5.78. The maximum Gasteiger partial charge on any atom is 0.253 e. The van der Waals surface area contributed by atoms with Crippen molar-refractivity contribution in [2.45, 2.75) is 45.4 Å². The van der Waals surface area contributed by atoms with Gasteiger partial charge < -0.3 is 14.7 Å². The Labute approximate surface area is 161 Å². The first kappa shape index (κ1) is 19.4. The van der Waals surface area contributed by atoms with Crippen molar-refractivity contribution in [3.05, 3.63) is 29.3 Å². The Bertz CT molecular complexity index is 764. The van der Waals surface area contributed by atoms with Gasteiger partial charge in [0, 0.05) is 50.9 Å². The van der Waals surface area contributed by atoms with Crippen LogP contribution in [0.2, 0.25) is 0 Å². The topological polar surface area (TPSA) is 60.9 Å². The van der Waals surface area contributed by atoms with Crippen molar-refractivity contribution in [3.8, 4) is 0 Å². The second-order valence-corrected chi connectivity index (χ2v) is 8.00. The number of anilines is 1. The Morgan fingerprint density at radius 3 is 2.33 bits per heavy atom. The molecule has 0 saturated carbocycles. The predicted octanol–water partition coefficient (Wildman–Crippen LogP) is 2.42. The highest BCUT2D eigenvalue weighted by molar-refractivity contribution is 6.08. The first-order valence-corrected chi connectivity index (χ1v) is 9.77. The molecule has 0 N–H and O–H groups in total. The molecule has 0 bridgehead atoms. The first-order valence-electron chi connectivity index (χ1n) is 9.77. The number of piperazine rings is 1. The Kier molecular flexibility index (Phi) is 5.27. The number of amides is 3. The molecule has 6 heteroatoms. The number of nitrogens with zero attached hydrogens (tertiary/aromatic N) is 3. The number of benzene rings is 1. The van der Waals surface area contributed by atoms with Crippen molar-refractivity contribution in [1.82, 2.24) is 9.80 Å². The van der Waals surface area contributed by atoms with E-state index in [4.69, 9.17) is 0 Å². The second kappa shape index (κ2) is 7.33. The fourth-order valence-electron chi connectivity index (χ4n) is 3.93. The molecule has 3 rings (SSSR count). The summed E-state index contributed by atoms with van der Waals surface area (Å²) in [6.07, 6.45) is 2.51. The van der Waals surface area contributed by atoms with Crippen molar-refractivity contribution >= 4 is 23.4 Å². The maximum absolute atomic E-state index is 12.9. The Balaban J connectivity index is 1.69. The van der Waals surface area contributed by atoms with Crippen LogP contribution in [0.1, 0.15) is 56.0 Å². The number of hydrogen-bond donors (Lipinski definition) is 0. The van der Waals surface area contributed by atoms with Crippen molar-refractivity contribution in [2.24, 2.45) is 0 Å². The summed E-state index contributed by atoms with van der Waals surface area (Å²) in [7, 11) is 1.77. The Morgan fingerprint density at radius 1 is 1.07 bits per heavy atom. The molecule has 1 saturated heterocycles. The minimum atomic E-state index is -0.620. The largest absolute Gasteiger partial charge is 0.339 e. The molecule has 0 radical (unpaired) electrons. The highest BCUT2D eigenvalue weighted by Crippen LogP contribution is 2.41. The van der Waals surface area contributed by atoms with E-state index in [1.807, 2.05) is 30.9 Å². The Morgan fingerprint density at radius 2 is 1.70 bits per heavy atom. The second-order valence-electron chi connectivity index (χ2n) is 8.00. The molecule has 3 amide bonds. The summed E-state index contributed by atoms with van der Waals surface area (Å²) in [6.45, 7) is 8.15. The number of fused-ring (bicyclic) bond motifs is 1. The van der Waals surface area contributed by atoms with E-state index in [1.54, 1.807) is 22.9 Å². The van der Waals surface area contributed by atoms with Gasteiger partial charge in [-0.1, -0.05) is 13.3 Å². The smallest absolute Gasteiger partial charge is 0.253 e. The van der Waals surface area contributed by atoms with Gasteiger partial charge in [0.05, 0.1) is 5.41 Å². The van der Waals surface area contributed by atoms with Crippen LogP contribution in [0.15, 0.2) is 18.2 Å². The summed E-state index contributed by atoms with van der Waals surface area (Å²) in [4.78, 5) is 42.9. The minimum absolute atomic E-state index is 0.0312. The average molecular weight is 371 g/mol. The molecule has 2 aliphatic heterocycles. The zero-order valence-electron chi connectivity index (χ0n) is 16.7. The monoisotopic (exact) mass is 371 g/mol. The molecule has 0 atom stereocenters. The number of carbonyl (C=O) groups excluding carboxylic acids is 3. The molecular formula is C21H29N3O3. The van der Waals surface area contributed by atoms with Crippen LogP contribution in [0.3, 0.4) is 0 Å². The molecule has 0 spiro atoms. The zero-order chi connectivity index (χ0) is 19.8. The SMILES string of the molecule is CCCCC(=O)N1CCN(C(=O)c2ccc3c(c2)C(C)(C)C(=O)N3C)CC1. The molecule has 6 nitrogen and oxygen atoms in total. The van der Waals surface area contributed by atoms with Crippen LogP contribution < -0.4 is 4.90 Å². The van der Waals surface area contributed by atoms with Gasteiger partial charge in [-0.15, -0.1) is 0 Å². The van der Waals surface area contributed by atoms with E-state index >= 15 is 0 Å². The summed E-state index contributed by atoms with van der Waals surface area (Å²) in [6, 6.07) is 5.52. The lowest BCUT2D eigenvalue weighted by Gasteiger charge is -2.35. The molecule has 1 aromatic carbocycles. The molecular weight excluding hydrogens is 342 g/mol. The highest BCUT2D eigenvalue weighted by atomic mass is 16.2. The van der Waals surface area contributed by atoms with Crippen LogP contribution in [-0.2, 0) is 15.0 Å². The van der Waals surface area contributed by atoms with Crippen LogP contribution in [0.5, 0.6) is 0 Å². The zero-order valence-corrected chi connectivity index (χ0v) is 16.7. The highest BCUT2D eigenvalue weighted by Gasteiger charge is 2.42. The van der Waals surface area contributed by atoms with E-state index in [9.17, 15) is 14.4 Å². The third kappa shape index (κ3) is 3.45. The Hall–Kier alpha value is -2.37. The molecule has 0 aliphatic carbocycles. The van der Waals surface area contributed by atoms with E-state index in [1.165, 1.54) is 0 Å². The van der Waals surface area contributed by atoms with Crippen LogP contribution >= 0.6 is 0 Å². The predicted molar refractivity (Wildman–Crippen MR) is 105 cm³/mol. The lowest BCUT2D eigenvalue weighted by molar-refractivity contribution is -0.132. The molecule has 2 aliphatic rings. The molecule has 1 fully saturated rings. The van der Waals surface area contributed by atoms with Gasteiger partial charge in [-0.25, -0.2) is 0 Å². The normalized spacial score (nSPS) is 18.7. The number of carbonyl (C=O) groups is 3. The maximum atomic E-state index is 12.9. The van der Waals surface area contributed by atoms with Gasteiger partial charge in [-0.3, -0.25) is 14.4 Å². The molecule has 146 valence electrons. The van der Waals surface area contributed by atoms with Crippen LogP contribution in [0.25, 0.3) is 0 Å². The van der Waals surface area contributed by atoms with Crippen molar-refractivity contribution < 1.29 is 14.4 Å². The number of hydrogen-bond acceptors (Lipinski definition) is 3. The van der Waals surface area contributed by atoms with Gasteiger partial charge in [0.2, 0.25) is 11.8 Å². The lowest BCUT2D eigenvalue weighted by Crippen LogP contribution is -2.50. The van der Waals surface area contributed by atoms with E-state index in [0.29, 0.717) is 38.2 Å². The number of unbranched alkanes of at least 4 members (excludes halogenated alkanes) is 1. The molecule has 27 heavy (non-hydrogen) atoms. The van der Waals surface area contributed by atoms with Gasteiger partial charge in [0.15, 0.2) is 0 Å². The van der Waals surface area contributed by atoms with Crippen molar-refractivity contribution in [2.75, 3.05) is 38.1 Å². The van der Waals surface area contributed by atoms with Crippen molar-refractivity contribution in [3.63, 3.8) is 0 Å². The van der Waals surface area contributed by atoms with E-state index in [0.717, 1.165) is 24.1 Å². The van der Waals surface area contributed by atoms with Gasteiger partial charge in [0.1, 0.15) is 0 Å². The van der Waals surface area contributed by atoms with Crippen LogP contribution in [0, 0.1) is 0 Å². The first-order chi connectivity index (χ1) is 12.8. The van der Waals surface area contributed by atoms with Crippen LogP contribution in [-0.4, -0.2) is 60.7 Å². The summed E-state index contributed by atoms with van der Waals surface area (Å²) < 4.78 is 0. The summed E-state index contributed by atoms with van der Waals surface area (Å²) in [5, 5.41) is 0. The standard InChI is InChI=1S/C21H29N3O3/c1-5-6-7-18(25)23-10-12-24(13-11-23)19(26)15-8-9-17-16(14-15)21(2,3)20(27)22(17)4/h8-9,14H,5-7,10-13H2,1-4H3. The van der Waals surface area contributed by atoms with Crippen molar-refractivity contribution in [1.29, 1.82) is 0 Å². The fourth-order valence-corrected chi connectivity index (χ4v) is 3.93. The van der Waals surface area contributed by atoms with E-state index in [-0.39, 0.29) is 17.7 Å².